The molecule has 1 aromatic heterocycles. The first-order valence-electron chi connectivity index (χ1n) is 10.3. The minimum Gasteiger partial charge on any atom is -0.497 e. The lowest BCUT2D eigenvalue weighted by atomic mass is 10.0. The molecule has 0 radical (unpaired) electrons. The van der Waals surface area contributed by atoms with Crippen LogP contribution in [0.4, 0.5) is 5.69 Å². The highest BCUT2D eigenvalue weighted by Gasteiger charge is 2.35. The number of ether oxygens (including phenoxy) is 1. The highest BCUT2D eigenvalue weighted by Crippen LogP contribution is 2.32. The molecule has 1 unspecified atom stereocenters. The Morgan fingerprint density at radius 3 is 2.58 bits per heavy atom. The summed E-state index contributed by atoms with van der Waals surface area (Å²) < 4.78 is 9.21. The van der Waals surface area contributed by atoms with Gasteiger partial charge in [0.2, 0.25) is 5.91 Å². The van der Waals surface area contributed by atoms with Crippen LogP contribution in [0.1, 0.15) is 47.8 Å². The first-order valence-corrected chi connectivity index (χ1v) is 11.1. The lowest BCUT2D eigenvalue weighted by Crippen LogP contribution is -2.46. The van der Waals surface area contributed by atoms with E-state index in [0.717, 1.165) is 37.2 Å². The van der Waals surface area contributed by atoms with Gasteiger partial charge in [-0.3, -0.25) is 14.5 Å². The Balaban J connectivity index is 1.80. The molecule has 4 rings (SSSR count). The summed E-state index contributed by atoms with van der Waals surface area (Å²) in [4.78, 5) is 28.6. The molecule has 1 aliphatic rings. The van der Waals surface area contributed by atoms with Crippen LogP contribution in [-0.2, 0) is 4.79 Å². The predicted octanol–water partition coefficient (Wildman–Crippen LogP) is 3.99. The van der Waals surface area contributed by atoms with Crippen molar-refractivity contribution in [3.63, 3.8) is 0 Å². The predicted molar refractivity (Wildman–Crippen MR) is 119 cm³/mol. The van der Waals surface area contributed by atoms with Crippen LogP contribution in [-0.4, -0.2) is 34.6 Å². The molecular weight excluding hydrogens is 412 g/mol. The topological polar surface area (TPSA) is 84.4 Å². The molecule has 7 nitrogen and oxygen atoms in total. The van der Waals surface area contributed by atoms with Crippen molar-refractivity contribution in [2.24, 2.45) is 0 Å². The van der Waals surface area contributed by atoms with E-state index >= 15 is 0 Å². The number of carbonyl (C=O) groups excluding carboxylic acids is 2. The third kappa shape index (κ3) is 4.74. The van der Waals surface area contributed by atoms with Crippen LogP contribution in [0.25, 0.3) is 0 Å². The second-order valence-corrected chi connectivity index (χ2v) is 8.08. The summed E-state index contributed by atoms with van der Waals surface area (Å²) in [5, 5.41) is 8.71. The van der Waals surface area contributed by atoms with Gasteiger partial charge in [0.1, 0.15) is 11.8 Å². The molecule has 1 N–H and O–H groups in total. The van der Waals surface area contributed by atoms with E-state index in [2.05, 4.69) is 14.9 Å². The van der Waals surface area contributed by atoms with Crippen LogP contribution in [0.15, 0.2) is 60.0 Å². The minimum atomic E-state index is -0.882. The summed E-state index contributed by atoms with van der Waals surface area (Å²) in [6.45, 7) is 0. The lowest BCUT2D eigenvalue weighted by molar-refractivity contribution is -0.123. The summed E-state index contributed by atoms with van der Waals surface area (Å²) in [5.74, 6) is 0.0156. The fourth-order valence-electron chi connectivity index (χ4n) is 3.93. The van der Waals surface area contributed by atoms with Crippen molar-refractivity contribution in [3.05, 3.63) is 71.2 Å². The number of carbonyl (C=O) groups is 2. The number of aromatic nitrogens is 2. The lowest BCUT2D eigenvalue weighted by Gasteiger charge is -2.32. The monoisotopic (exact) mass is 436 g/mol. The van der Waals surface area contributed by atoms with E-state index in [1.165, 1.54) is 4.90 Å². The maximum atomic E-state index is 13.6. The van der Waals surface area contributed by atoms with Gasteiger partial charge in [-0.25, -0.2) is 0 Å². The summed E-state index contributed by atoms with van der Waals surface area (Å²) in [7, 11) is 1.58. The van der Waals surface area contributed by atoms with Gasteiger partial charge in [0, 0.05) is 17.1 Å². The van der Waals surface area contributed by atoms with E-state index in [9.17, 15) is 9.59 Å². The number of benzene rings is 2. The molecule has 160 valence electrons. The van der Waals surface area contributed by atoms with Gasteiger partial charge in [-0.1, -0.05) is 47.7 Å². The van der Waals surface area contributed by atoms with Crippen molar-refractivity contribution >= 4 is 29.0 Å². The molecular formula is C23H24N4O3S. The summed E-state index contributed by atoms with van der Waals surface area (Å²) in [6, 6.07) is 15.7. The Labute approximate surface area is 185 Å². The molecule has 1 aliphatic carbocycles. The highest BCUT2D eigenvalue weighted by molar-refractivity contribution is 7.03. The maximum absolute atomic E-state index is 13.6. The normalized spacial score (nSPS) is 14.7. The van der Waals surface area contributed by atoms with E-state index in [1.807, 2.05) is 48.5 Å². The van der Waals surface area contributed by atoms with Gasteiger partial charge >= 0.3 is 0 Å². The number of para-hydroxylation sites is 1. The quantitative estimate of drug-likeness (QED) is 0.605. The maximum Gasteiger partial charge on any atom is 0.280 e. The first kappa shape index (κ1) is 21.0. The van der Waals surface area contributed by atoms with E-state index in [-0.39, 0.29) is 23.6 Å². The molecule has 2 amide bonds. The van der Waals surface area contributed by atoms with Crippen LogP contribution in [0.2, 0.25) is 0 Å². The number of hydrogen-bond donors (Lipinski definition) is 1. The summed E-state index contributed by atoms with van der Waals surface area (Å²) in [5.41, 5.74) is 1.47. The summed E-state index contributed by atoms with van der Waals surface area (Å²) in [6.07, 6.45) is 4.10. The molecule has 0 aliphatic heterocycles. The third-order valence-corrected chi connectivity index (χ3v) is 5.95. The number of nitrogens with zero attached hydrogens (tertiary/aromatic N) is 3. The van der Waals surface area contributed by atoms with Gasteiger partial charge in [-0.2, -0.15) is 0 Å². The van der Waals surface area contributed by atoms with Crippen LogP contribution in [0.3, 0.4) is 0 Å². The number of methoxy groups -OCH3 is 1. The van der Waals surface area contributed by atoms with E-state index in [1.54, 1.807) is 18.6 Å². The second-order valence-electron chi connectivity index (χ2n) is 7.47. The van der Waals surface area contributed by atoms with Crippen LogP contribution >= 0.6 is 11.5 Å². The molecule has 2 aromatic carbocycles. The van der Waals surface area contributed by atoms with Crippen molar-refractivity contribution in [1.82, 2.24) is 14.9 Å². The molecule has 31 heavy (non-hydrogen) atoms. The Morgan fingerprint density at radius 1 is 1.13 bits per heavy atom. The smallest absolute Gasteiger partial charge is 0.280 e. The van der Waals surface area contributed by atoms with Crippen LogP contribution < -0.4 is 15.0 Å². The van der Waals surface area contributed by atoms with Gasteiger partial charge in [0.25, 0.3) is 5.91 Å². The summed E-state index contributed by atoms with van der Waals surface area (Å²) >= 11 is 1.10. The molecule has 1 fully saturated rings. The number of rotatable bonds is 7. The molecule has 0 spiro atoms. The van der Waals surface area contributed by atoms with Crippen LogP contribution in [0, 0.1) is 0 Å². The zero-order valence-electron chi connectivity index (χ0n) is 17.2. The largest absolute Gasteiger partial charge is 0.497 e. The average Bonchev–Trinajstić information content (AvgIpc) is 3.52. The van der Waals surface area contributed by atoms with Crippen molar-refractivity contribution in [3.8, 4) is 5.75 Å². The van der Waals surface area contributed by atoms with Gasteiger partial charge < -0.3 is 10.1 Å². The molecule has 1 saturated carbocycles. The van der Waals surface area contributed by atoms with E-state index in [4.69, 9.17) is 4.74 Å². The van der Waals surface area contributed by atoms with E-state index in [0.29, 0.717) is 17.0 Å². The number of amides is 2. The first-order chi connectivity index (χ1) is 15.2. The minimum absolute atomic E-state index is 0.120. The second kappa shape index (κ2) is 9.70. The number of nitrogens with one attached hydrogen (secondary N) is 1. The third-order valence-electron chi connectivity index (χ3n) is 5.45. The zero-order valence-corrected chi connectivity index (χ0v) is 18.0. The molecule has 8 heteroatoms. The molecule has 1 atom stereocenters. The SMILES string of the molecule is COc1cccc(C(C(=O)NC2CCCC2)N(C(=O)c2csnn2)c2ccccc2)c1. The Kier molecular flexibility index (Phi) is 6.57. The number of anilines is 1. The van der Waals surface area contributed by atoms with Crippen molar-refractivity contribution in [1.29, 1.82) is 0 Å². The highest BCUT2D eigenvalue weighted by atomic mass is 32.1. The Hall–Kier alpha value is -3.26. The molecule has 0 saturated heterocycles. The fraction of sp³-hybridized carbons (Fsp3) is 0.304. The fourth-order valence-corrected chi connectivity index (χ4v) is 4.36. The average molecular weight is 437 g/mol. The molecule has 0 bridgehead atoms. The van der Waals surface area contributed by atoms with Gasteiger partial charge in [-0.05, 0) is 54.2 Å². The standard InChI is InChI=1S/C23H24N4O3S/c1-30-19-13-7-8-16(14-19)21(22(28)24-17-9-5-6-10-17)27(18-11-3-2-4-12-18)23(29)20-15-31-26-25-20/h2-4,7-8,11-15,17,21H,5-6,9-10H2,1H3,(H,24,28). The molecule has 3 aromatic rings. The zero-order chi connectivity index (χ0) is 21.6. The Morgan fingerprint density at radius 2 is 1.90 bits per heavy atom. The van der Waals surface area contributed by atoms with Crippen molar-refractivity contribution < 1.29 is 14.3 Å². The molecule has 1 heterocycles. The van der Waals surface area contributed by atoms with Gasteiger partial charge in [-0.15, -0.1) is 5.10 Å². The van der Waals surface area contributed by atoms with E-state index < -0.39 is 6.04 Å². The van der Waals surface area contributed by atoms with Crippen molar-refractivity contribution in [2.75, 3.05) is 12.0 Å². The van der Waals surface area contributed by atoms with Crippen molar-refractivity contribution in [2.45, 2.75) is 37.8 Å². The number of hydrogen-bond acceptors (Lipinski definition) is 6. The van der Waals surface area contributed by atoms with Crippen LogP contribution in [0.5, 0.6) is 5.75 Å². The Bertz CT molecular complexity index is 1020. The van der Waals surface area contributed by atoms with Gasteiger partial charge in [0.15, 0.2) is 5.69 Å². The van der Waals surface area contributed by atoms with Gasteiger partial charge in [0.05, 0.1) is 7.11 Å².